The SMILES string of the molecule is C1CCOC1.O=C(O)C12CC(c3ccc(Cl)cc31)c1ccc(Cl)cc12. The zero-order chi connectivity index (χ0) is 17.6. The first-order valence-corrected chi connectivity index (χ1v) is 9.20. The van der Waals surface area contributed by atoms with Gasteiger partial charge in [-0.15, -0.1) is 0 Å². The molecule has 2 aliphatic carbocycles. The zero-order valence-corrected chi connectivity index (χ0v) is 15.1. The van der Waals surface area contributed by atoms with E-state index >= 15 is 0 Å². The van der Waals surface area contributed by atoms with Crippen LogP contribution in [0.5, 0.6) is 0 Å². The van der Waals surface area contributed by atoms with Crippen LogP contribution in [-0.2, 0) is 14.9 Å². The normalized spacial score (nSPS) is 25.1. The van der Waals surface area contributed by atoms with Crippen molar-refractivity contribution in [2.45, 2.75) is 30.6 Å². The smallest absolute Gasteiger partial charge is 0.318 e. The molecule has 2 bridgehead atoms. The lowest BCUT2D eigenvalue weighted by Gasteiger charge is -2.27. The van der Waals surface area contributed by atoms with Gasteiger partial charge in [-0.25, -0.2) is 0 Å². The molecule has 130 valence electrons. The Hall–Kier alpha value is -1.55. The van der Waals surface area contributed by atoms with Gasteiger partial charge in [0, 0.05) is 29.2 Å². The average molecular weight is 377 g/mol. The lowest BCUT2D eigenvalue weighted by atomic mass is 9.75. The highest BCUT2D eigenvalue weighted by Gasteiger charge is 2.57. The molecule has 0 radical (unpaired) electrons. The maximum Gasteiger partial charge on any atom is 0.318 e. The van der Waals surface area contributed by atoms with Gasteiger partial charge in [0.05, 0.1) is 0 Å². The summed E-state index contributed by atoms with van der Waals surface area (Å²) in [7, 11) is 0. The first kappa shape index (κ1) is 16.9. The molecule has 1 aliphatic heterocycles. The predicted octanol–water partition coefficient (Wildman–Crippen LogP) is 5.01. The molecule has 0 aromatic heterocycles. The molecule has 1 N–H and O–H groups in total. The molecular formula is C20H18Cl2O3. The molecule has 25 heavy (non-hydrogen) atoms. The summed E-state index contributed by atoms with van der Waals surface area (Å²) < 4.78 is 4.94. The van der Waals surface area contributed by atoms with E-state index in [0.29, 0.717) is 16.5 Å². The summed E-state index contributed by atoms with van der Waals surface area (Å²) in [5, 5.41) is 11.0. The second kappa shape index (κ2) is 6.31. The van der Waals surface area contributed by atoms with Gasteiger partial charge in [-0.3, -0.25) is 4.79 Å². The highest BCUT2D eigenvalue weighted by molar-refractivity contribution is 6.31. The van der Waals surface area contributed by atoms with Crippen LogP contribution in [0, 0.1) is 0 Å². The minimum atomic E-state index is -0.995. The number of hydrogen-bond acceptors (Lipinski definition) is 2. The molecule has 3 nitrogen and oxygen atoms in total. The molecule has 0 atom stereocenters. The quantitative estimate of drug-likeness (QED) is 0.760. The van der Waals surface area contributed by atoms with Crippen LogP contribution in [0.15, 0.2) is 36.4 Å². The number of aliphatic carboxylic acids is 1. The number of rotatable bonds is 1. The van der Waals surface area contributed by atoms with Gasteiger partial charge in [0.25, 0.3) is 0 Å². The van der Waals surface area contributed by atoms with E-state index in [0.717, 1.165) is 35.5 Å². The van der Waals surface area contributed by atoms with E-state index in [9.17, 15) is 9.90 Å². The second-order valence-corrected chi connectivity index (χ2v) is 7.62. The molecule has 1 heterocycles. The number of carboxylic acids is 1. The first-order chi connectivity index (χ1) is 12.0. The summed E-state index contributed by atoms with van der Waals surface area (Å²) in [5.41, 5.74) is 2.79. The highest BCUT2D eigenvalue weighted by Crippen LogP contribution is 2.60. The van der Waals surface area contributed by atoms with Crippen LogP contribution in [0.4, 0.5) is 0 Å². The van der Waals surface area contributed by atoms with E-state index in [1.54, 1.807) is 12.1 Å². The minimum Gasteiger partial charge on any atom is -0.480 e. The first-order valence-electron chi connectivity index (χ1n) is 8.45. The Morgan fingerprint density at radius 3 is 1.92 bits per heavy atom. The lowest BCUT2D eigenvalue weighted by Crippen LogP contribution is -2.33. The highest BCUT2D eigenvalue weighted by atomic mass is 35.5. The fourth-order valence-corrected chi connectivity index (χ4v) is 4.63. The monoisotopic (exact) mass is 376 g/mol. The van der Waals surface area contributed by atoms with E-state index in [-0.39, 0.29) is 5.92 Å². The third-order valence-corrected chi connectivity index (χ3v) is 5.87. The third kappa shape index (κ3) is 2.57. The molecule has 5 heteroatoms. The number of carboxylic acid groups (broad SMARTS) is 1. The van der Waals surface area contributed by atoms with Crippen molar-refractivity contribution in [2.24, 2.45) is 0 Å². The number of halogens is 2. The van der Waals surface area contributed by atoms with Gasteiger partial charge in [-0.2, -0.15) is 0 Å². The molecule has 0 unspecified atom stereocenters. The van der Waals surface area contributed by atoms with Crippen LogP contribution in [0.1, 0.15) is 47.4 Å². The maximum atomic E-state index is 12.0. The molecule has 5 rings (SSSR count). The molecular weight excluding hydrogens is 359 g/mol. The van der Waals surface area contributed by atoms with Crippen molar-refractivity contribution in [2.75, 3.05) is 13.2 Å². The molecule has 0 saturated carbocycles. The van der Waals surface area contributed by atoms with Crippen LogP contribution in [0.3, 0.4) is 0 Å². The second-order valence-electron chi connectivity index (χ2n) is 6.75. The van der Waals surface area contributed by atoms with E-state index in [2.05, 4.69) is 0 Å². The Morgan fingerprint density at radius 2 is 1.52 bits per heavy atom. The molecule has 0 spiro atoms. The summed E-state index contributed by atoms with van der Waals surface area (Å²) in [6, 6.07) is 11.1. The Bertz CT molecular complexity index is 782. The summed E-state index contributed by atoms with van der Waals surface area (Å²) in [6.45, 7) is 2.00. The number of ether oxygens (including phenoxy) is 1. The number of hydrogen-bond donors (Lipinski definition) is 1. The van der Waals surface area contributed by atoms with Crippen LogP contribution in [-0.4, -0.2) is 24.3 Å². The van der Waals surface area contributed by atoms with E-state index in [1.165, 1.54) is 12.8 Å². The summed E-state index contributed by atoms with van der Waals surface area (Å²) in [6.07, 6.45) is 3.12. The number of carbonyl (C=O) groups is 1. The van der Waals surface area contributed by atoms with E-state index in [1.807, 2.05) is 24.3 Å². The fourth-order valence-electron chi connectivity index (χ4n) is 4.29. The predicted molar refractivity (Wildman–Crippen MR) is 97.8 cm³/mol. The Labute approximate surface area is 156 Å². The Balaban J connectivity index is 0.000000272. The third-order valence-electron chi connectivity index (χ3n) is 5.40. The van der Waals surface area contributed by atoms with Crippen LogP contribution >= 0.6 is 23.2 Å². The summed E-state index contributed by atoms with van der Waals surface area (Å²) in [5.74, 6) is -0.699. The Morgan fingerprint density at radius 1 is 1.00 bits per heavy atom. The molecule has 1 saturated heterocycles. The van der Waals surface area contributed by atoms with Crippen molar-refractivity contribution in [3.05, 3.63) is 68.7 Å². The van der Waals surface area contributed by atoms with Crippen LogP contribution < -0.4 is 0 Å². The molecule has 1 fully saturated rings. The molecule has 2 aromatic rings. The largest absolute Gasteiger partial charge is 0.480 e. The van der Waals surface area contributed by atoms with Crippen molar-refractivity contribution in [3.8, 4) is 0 Å². The number of benzene rings is 2. The van der Waals surface area contributed by atoms with E-state index < -0.39 is 11.4 Å². The van der Waals surface area contributed by atoms with Gasteiger partial charge < -0.3 is 9.84 Å². The van der Waals surface area contributed by atoms with Crippen molar-refractivity contribution in [1.29, 1.82) is 0 Å². The Kier molecular flexibility index (Phi) is 4.27. The lowest BCUT2D eigenvalue weighted by molar-refractivity contribution is -0.141. The maximum absolute atomic E-state index is 12.0. The van der Waals surface area contributed by atoms with Crippen molar-refractivity contribution < 1.29 is 14.6 Å². The van der Waals surface area contributed by atoms with Crippen molar-refractivity contribution >= 4 is 29.2 Å². The summed E-state index contributed by atoms with van der Waals surface area (Å²) in [4.78, 5) is 12.0. The fraction of sp³-hybridized carbons (Fsp3) is 0.350. The number of fused-ring (bicyclic) bond motifs is 8. The van der Waals surface area contributed by atoms with Gasteiger partial charge in [0.2, 0.25) is 0 Å². The van der Waals surface area contributed by atoms with Gasteiger partial charge >= 0.3 is 5.97 Å². The van der Waals surface area contributed by atoms with Gasteiger partial charge in [0.1, 0.15) is 5.41 Å². The minimum absolute atomic E-state index is 0.130. The van der Waals surface area contributed by atoms with Gasteiger partial charge in [-0.05, 0) is 65.8 Å². The van der Waals surface area contributed by atoms with Crippen LogP contribution in [0.2, 0.25) is 10.0 Å². The van der Waals surface area contributed by atoms with E-state index in [4.69, 9.17) is 27.9 Å². The summed E-state index contributed by atoms with van der Waals surface area (Å²) >= 11 is 12.1. The van der Waals surface area contributed by atoms with Crippen molar-refractivity contribution in [1.82, 2.24) is 0 Å². The topological polar surface area (TPSA) is 46.5 Å². The molecule has 3 aliphatic rings. The van der Waals surface area contributed by atoms with Crippen LogP contribution in [0.25, 0.3) is 0 Å². The standard InChI is InChI=1S/C16H10Cl2O2.C4H8O/c17-8-1-3-10-12-7-16(15(19)20,13(10)5-8)14-6-9(18)2-4-11(12)14;1-2-4-5-3-1/h1-6,12H,7H2,(H,19,20);1-4H2. The zero-order valence-electron chi connectivity index (χ0n) is 13.6. The average Bonchev–Trinajstić information content (AvgIpc) is 3.31. The van der Waals surface area contributed by atoms with Crippen molar-refractivity contribution in [3.63, 3.8) is 0 Å². The van der Waals surface area contributed by atoms with Gasteiger partial charge in [0.15, 0.2) is 0 Å². The molecule has 0 amide bonds. The van der Waals surface area contributed by atoms with Gasteiger partial charge in [-0.1, -0.05) is 35.3 Å². The molecule has 2 aromatic carbocycles.